The number of carbonyl (C=O) groups is 1. The molecule has 0 aliphatic rings. The Hall–Kier alpha value is -4.48. The summed E-state index contributed by atoms with van der Waals surface area (Å²) < 4.78 is 138. The Labute approximate surface area is 400 Å². The normalized spacial score (nSPS) is 11.7. The number of hydrogen-bond acceptors (Lipinski definition) is 14. The molecule has 19 heteroatoms. The highest BCUT2D eigenvalue weighted by atomic mass is 19.2. The van der Waals surface area contributed by atoms with Crippen LogP contribution in [-0.2, 0) is 67.2 Å². The van der Waals surface area contributed by atoms with Crippen LogP contribution in [0.25, 0.3) is 0 Å². The maximum atomic E-state index is 13.6. The molecule has 0 atom stereocenters. The summed E-state index contributed by atoms with van der Waals surface area (Å²) in [6.07, 6.45) is -0.492. The van der Waals surface area contributed by atoms with E-state index in [0.717, 1.165) is 16.7 Å². The molecule has 4 aromatic carbocycles. The van der Waals surface area contributed by atoms with Gasteiger partial charge in [-0.15, -0.1) is 0 Å². The summed E-state index contributed by atoms with van der Waals surface area (Å²) in [6.45, 7) is 8.21. The van der Waals surface area contributed by atoms with Crippen LogP contribution in [0, 0.1) is 29.1 Å². The van der Waals surface area contributed by atoms with E-state index in [9.17, 15) is 26.7 Å². The van der Waals surface area contributed by atoms with Gasteiger partial charge in [-0.3, -0.25) is 4.79 Å². The van der Waals surface area contributed by atoms with Crippen LogP contribution in [0.1, 0.15) is 23.1 Å². The third-order valence-electron chi connectivity index (χ3n) is 9.64. The summed E-state index contributed by atoms with van der Waals surface area (Å²) in [7, 11) is 0. The molecule has 0 heterocycles. The van der Waals surface area contributed by atoms with Crippen molar-refractivity contribution in [1.29, 1.82) is 0 Å². The van der Waals surface area contributed by atoms with Gasteiger partial charge in [0, 0.05) is 0 Å². The molecule has 0 radical (unpaired) electrons. The lowest BCUT2D eigenvalue weighted by Gasteiger charge is -2.36. The molecule has 4 rings (SSSR count). The second kappa shape index (κ2) is 35.6. The molecular formula is C50H63F5O14. The summed E-state index contributed by atoms with van der Waals surface area (Å²) >= 11 is 0. The standard InChI is InChI=1S/C50H63F5O14/c51-44-45(52)47(54)49(48(55)46(44)53)69-43(56)16-17-57-18-19-58-20-21-59-22-23-60-24-25-61-26-27-62-28-29-63-30-31-64-32-33-65-34-35-66-36-37-67-38-39-68-50(40-10-4-1-5-11-40,41-12-6-2-7-13-41)42-14-8-3-9-15-42/h1-15H,16-39H2. The van der Waals surface area contributed by atoms with Gasteiger partial charge in [0.25, 0.3) is 0 Å². The van der Waals surface area contributed by atoms with Crippen LogP contribution < -0.4 is 4.74 Å². The summed E-state index contributed by atoms with van der Waals surface area (Å²) in [6, 6.07) is 30.7. The fourth-order valence-electron chi connectivity index (χ4n) is 6.32. The van der Waals surface area contributed by atoms with E-state index < -0.39 is 52.8 Å². The van der Waals surface area contributed by atoms with Gasteiger partial charge in [0.1, 0.15) is 5.60 Å². The molecule has 0 aromatic heterocycles. The van der Waals surface area contributed by atoms with E-state index in [1.165, 1.54) is 0 Å². The fourth-order valence-corrected chi connectivity index (χ4v) is 6.32. The molecule has 0 aliphatic heterocycles. The Kier molecular flexibility index (Phi) is 29.5. The SMILES string of the molecule is O=C(CCOCCOCCOCCOCCOCCOCCOCCOCCOCCOCCOCCOC(c1ccccc1)(c1ccccc1)c1ccccc1)Oc1c(F)c(F)c(F)c(F)c1F. The number of rotatable bonds is 41. The smallest absolute Gasteiger partial charge is 0.313 e. The minimum Gasteiger partial charge on any atom is -0.420 e. The van der Waals surface area contributed by atoms with Crippen molar-refractivity contribution in [3.8, 4) is 5.75 Å². The van der Waals surface area contributed by atoms with E-state index in [0.29, 0.717) is 126 Å². The van der Waals surface area contributed by atoms with Crippen LogP contribution in [0.15, 0.2) is 91.0 Å². The molecule has 0 saturated carbocycles. The van der Waals surface area contributed by atoms with Gasteiger partial charge in [0.2, 0.25) is 34.8 Å². The van der Waals surface area contributed by atoms with Crippen molar-refractivity contribution >= 4 is 5.97 Å². The van der Waals surface area contributed by atoms with Crippen molar-refractivity contribution in [2.24, 2.45) is 0 Å². The molecule has 0 unspecified atom stereocenters. The lowest BCUT2D eigenvalue weighted by atomic mass is 9.80. The van der Waals surface area contributed by atoms with Crippen molar-refractivity contribution in [2.45, 2.75) is 12.0 Å². The van der Waals surface area contributed by atoms with E-state index in [1.807, 2.05) is 54.6 Å². The largest absolute Gasteiger partial charge is 0.420 e. The van der Waals surface area contributed by atoms with Gasteiger partial charge in [-0.25, -0.2) is 13.2 Å². The zero-order chi connectivity index (χ0) is 49.0. The van der Waals surface area contributed by atoms with E-state index >= 15 is 0 Å². The van der Waals surface area contributed by atoms with Gasteiger partial charge in [0.05, 0.1) is 158 Å². The van der Waals surface area contributed by atoms with E-state index in [1.54, 1.807) is 0 Å². The molecule has 14 nitrogen and oxygen atoms in total. The number of esters is 1. The van der Waals surface area contributed by atoms with Gasteiger partial charge in [-0.1, -0.05) is 91.0 Å². The molecule has 0 aliphatic carbocycles. The van der Waals surface area contributed by atoms with Crippen molar-refractivity contribution in [3.63, 3.8) is 0 Å². The third-order valence-corrected chi connectivity index (χ3v) is 9.64. The number of benzene rings is 4. The average molecular weight is 983 g/mol. The van der Waals surface area contributed by atoms with E-state index in [2.05, 4.69) is 41.1 Å². The predicted octanol–water partition coefficient (Wildman–Crippen LogP) is 6.87. The fraction of sp³-hybridized carbons (Fsp3) is 0.500. The number of ether oxygens (including phenoxy) is 13. The monoisotopic (exact) mass is 982 g/mol. The Bertz CT molecular complexity index is 1810. The Morgan fingerprint density at radius 2 is 0.551 bits per heavy atom. The number of carbonyl (C=O) groups excluding carboxylic acids is 1. The Morgan fingerprint density at radius 3 is 0.826 bits per heavy atom. The Morgan fingerprint density at radius 1 is 0.319 bits per heavy atom. The lowest BCUT2D eigenvalue weighted by Crippen LogP contribution is -2.34. The summed E-state index contributed by atoms with van der Waals surface area (Å²) in [5.41, 5.74) is 2.36. The highest BCUT2D eigenvalue weighted by molar-refractivity contribution is 5.72. The zero-order valence-corrected chi connectivity index (χ0v) is 38.7. The Balaban J connectivity index is 0.827. The van der Waals surface area contributed by atoms with Crippen LogP contribution in [0.3, 0.4) is 0 Å². The van der Waals surface area contributed by atoms with E-state index in [4.69, 9.17) is 56.8 Å². The second-order valence-corrected chi connectivity index (χ2v) is 14.5. The van der Waals surface area contributed by atoms with Gasteiger partial charge >= 0.3 is 5.97 Å². The van der Waals surface area contributed by atoms with Gasteiger partial charge < -0.3 is 61.6 Å². The first kappa shape index (κ1) is 57.1. The van der Waals surface area contributed by atoms with Crippen LogP contribution in [-0.4, -0.2) is 158 Å². The van der Waals surface area contributed by atoms with Gasteiger partial charge in [0.15, 0.2) is 0 Å². The van der Waals surface area contributed by atoms with Crippen LogP contribution in [0.4, 0.5) is 22.0 Å². The molecule has 0 fully saturated rings. The first-order chi connectivity index (χ1) is 33.9. The molecule has 382 valence electrons. The molecule has 4 aromatic rings. The van der Waals surface area contributed by atoms with Crippen LogP contribution in [0.5, 0.6) is 5.75 Å². The molecule has 69 heavy (non-hydrogen) atoms. The molecule has 0 bridgehead atoms. The lowest BCUT2D eigenvalue weighted by molar-refractivity contribution is -0.136. The number of hydrogen-bond donors (Lipinski definition) is 0. The molecule has 0 spiro atoms. The van der Waals surface area contributed by atoms with E-state index in [-0.39, 0.29) is 26.4 Å². The van der Waals surface area contributed by atoms with Crippen molar-refractivity contribution in [3.05, 3.63) is 137 Å². The molecule has 0 saturated heterocycles. The van der Waals surface area contributed by atoms with Crippen LogP contribution in [0.2, 0.25) is 0 Å². The third kappa shape index (κ3) is 21.6. The molecular weight excluding hydrogens is 920 g/mol. The number of halogens is 5. The quantitative estimate of drug-likeness (QED) is 0.00871. The van der Waals surface area contributed by atoms with Crippen molar-refractivity contribution < 1.29 is 88.3 Å². The maximum absolute atomic E-state index is 13.6. The highest BCUT2D eigenvalue weighted by Crippen LogP contribution is 2.40. The van der Waals surface area contributed by atoms with Gasteiger partial charge in [-0.2, -0.15) is 8.78 Å². The second-order valence-electron chi connectivity index (χ2n) is 14.5. The molecule has 0 amide bonds. The highest BCUT2D eigenvalue weighted by Gasteiger charge is 2.37. The molecule has 0 N–H and O–H groups in total. The van der Waals surface area contributed by atoms with Crippen LogP contribution >= 0.6 is 0 Å². The zero-order valence-electron chi connectivity index (χ0n) is 38.7. The predicted molar refractivity (Wildman–Crippen MR) is 241 cm³/mol. The topological polar surface area (TPSA) is 137 Å². The van der Waals surface area contributed by atoms with Gasteiger partial charge in [-0.05, 0) is 16.7 Å². The van der Waals surface area contributed by atoms with Crippen molar-refractivity contribution in [2.75, 3.05) is 152 Å². The first-order valence-corrected chi connectivity index (χ1v) is 22.7. The van der Waals surface area contributed by atoms with Crippen molar-refractivity contribution in [1.82, 2.24) is 0 Å². The summed E-state index contributed by atoms with van der Waals surface area (Å²) in [5.74, 6) is -14.2. The minimum atomic E-state index is -2.35. The summed E-state index contributed by atoms with van der Waals surface area (Å²) in [5, 5.41) is 0. The maximum Gasteiger partial charge on any atom is 0.313 e. The first-order valence-electron chi connectivity index (χ1n) is 22.7. The summed E-state index contributed by atoms with van der Waals surface area (Å²) in [4.78, 5) is 11.7. The minimum absolute atomic E-state index is 0.0744. The average Bonchev–Trinajstić information content (AvgIpc) is 3.38.